The van der Waals surface area contributed by atoms with Gasteiger partial charge in [0.2, 0.25) is 5.91 Å². The fourth-order valence-electron chi connectivity index (χ4n) is 2.98. The number of hydrogen-bond acceptors (Lipinski definition) is 5. The molecule has 0 aliphatic rings. The van der Waals surface area contributed by atoms with Gasteiger partial charge in [-0.25, -0.2) is 0 Å². The van der Waals surface area contributed by atoms with Crippen LogP contribution >= 0.6 is 23.4 Å². The molecule has 0 fully saturated rings. The first-order valence-electron chi connectivity index (χ1n) is 9.63. The Balaban J connectivity index is 1.57. The van der Waals surface area contributed by atoms with Crippen LogP contribution in [0.4, 0.5) is 5.69 Å². The average molecular weight is 450 g/mol. The van der Waals surface area contributed by atoms with Crippen LogP contribution in [0.15, 0.2) is 72.1 Å². The van der Waals surface area contributed by atoms with Gasteiger partial charge in [-0.3, -0.25) is 14.3 Å². The van der Waals surface area contributed by atoms with E-state index in [4.69, 9.17) is 11.6 Å². The zero-order chi connectivity index (χ0) is 21.8. The number of nitrogens with one attached hydrogen (secondary N) is 1. The number of aromatic nitrogens is 4. The summed E-state index contributed by atoms with van der Waals surface area (Å²) in [5, 5.41) is 12.9. The molecule has 0 atom stereocenters. The highest BCUT2D eigenvalue weighted by atomic mass is 35.5. The standard InChI is InChI=1S/C23H20ClN5OS/c1-15-3-7-19(8-4-15)29-22(17-9-11-25-12-10-17)27-28-23(29)31-14-21(30)26-18-6-5-16(2)20(24)13-18/h3-13H,14H2,1-2H3,(H,26,30). The molecule has 1 amide bonds. The van der Waals surface area contributed by atoms with Crippen LogP contribution in [0.2, 0.25) is 5.02 Å². The van der Waals surface area contributed by atoms with E-state index in [0.717, 1.165) is 22.4 Å². The number of anilines is 1. The first-order valence-corrected chi connectivity index (χ1v) is 11.0. The van der Waals surface area contributed by atoms with Crippen LogP contribution in [0.3, 0.4) is 0 Å². The van der Waals surface area contributed by atoms with E-state index in [1.54, 1.807) is 18.5 Å². The van der Waals surface area contributed by atoms with Crippen molar-refractivity contribution in [2.24, 2.45) is 0 Å². The molecule has 8 heteroatoms. The first kappa shape index (κ1) is 21.1. The zero-order valence-corrected chi connectivity index (χ0v) is 18.6. The Bertz CT molecular complexity index is 1210. The second-order valence-corrected chi connectivity index (χ2v) is 8.36. The van der Waals surface area contributed by atoms with Gasteiger partial charge in [-0.1, -0.05) is 47.1 Å². The van der Waals surface area contributed by atoms with Crippen molar-refractivity contribution in [3.63, 3.8) is 0 Å². The Morgan fingerprint density at radius 3 is 2.48 bits per heavy atom. The quantitative estimate of drug-likeness (QED) is 0.403. The molecule has 31 heavy (non-hydrogen) atoms. The summed E-state index contributed by atoms with van der Waals surface area (Å²) in [7, 11) is 0. The maximum atomic E-state index is 12.5. The minimum absolute atomic E-state index is 0.145. The number of amides is 1. The van der Waals surface area contributed by atoms with Gasteiger partial charge in [0.15, 0.2) is 11.0 Å². The van der Waals surface area contributed by atoms with E-state index in [1.807, 2.05) is 66.9 Å². The fourth-order valence-corrected chi connectivity index (χ4v) is 3.91. The molecule has 0 saturated heterocycles. The highest BCUT2D eigenvalue weighted by molar-refractivity contribution is 7.99. The summed E-state index contributed by atoms with van der Waals surface area (Å²) in [6.45, 7) is 3.96. The van der Waals surface area contributed by atoms with Crippen molar-refractivity contribution in [2.75, 3.05) is 11.1 Å². The molecule has 0 bridgehead atoms. The van der Waals surface area contributed by atoms with Crippen LogP contribution in [-0.2, 0) is 4.79 Å². The number of aryl methyl sites for hydroxylation is 2. The monoisotopic (exact) mass is 449 g/mol. The number of halogens is 1. The molecule has 0 aliphatic carbocycles. The highest BCUT2D eigenvalue weighted by Gasteiger charge is 2.17. The third-order valence-electron chi connectivity index (χ3n) is 4.65. The number of rotatable bonds is 6. The van der Waals surface area contributed by atoms with Crippen molar-refractivity contribution in [2.45, 2.75) is 19.0 Å². The third-order valence-corrected chi connectivity index (χ3v) is 5.99. The lowest BCUT2D eigenvalue weighted by Crippen LogP contribution is -2.14. The minimum Gasteiger partial charge on any atom is -0.325 e. The molecule has 0 spiro atoms. The predicted octanol–water partition coefficient (Wildman–Crippen LogP) is 5.33. The molecule has 0 radical (unpaired) electrons. The number of nitrogens with zero attached hydrogens (tertiary/aromatic N) is 4. The number of benzene rings is 2. The summed E-state index contributed by atoms with van der Waals surface area (Å²) in [4.78, 5) is 16.6. The molecule has 0 saturated carbocycles. The maximum Gasteiger partial charge on any atom is 0.234 e. The summed E-state index contributed by atoms with van der Waals surface area (Å²) < 4.78 is 1.95. The van der Waals surface area contributed by atoms with Crippen LogP contribution < -0.4 is 5.32 Å². The third kappa shape index (κ3) is 4.95. The Morgan fingerprint density at radius 2 is 1.77 bits per heavy atom. The van der Waals surface area contributed by atoms with Gasteiger partial charge in [-0.05, 0) is 55.8 Å². The summed E-state index contributed by atoms with van der Waals surface area (Å²) >= 11 is 7.47. The van der Waals surface area contributed by atoms with Crippen molar-refractivity contribution >= 4 is 35.0 Å². The molecule has 156 valence electrons. The number of carbonyl (C=O) groups excluding carboxylic acids is 1. The molecule has 4 rings (SSSR count). The summed E-state index contributed by atoms with van der Waals surface area (Å²) in [6.07, 6.45) is 3.44. The van der Waals surface area contributed by atoms with Crippen LogP contribution in [-0.4, -0.2) is 31.4 Å². The van der Waals surface area contributed by atoms with E-state index in [1.165, 1.54) is 11.8 Å². The van der Waals surface area contributed by atoms with Gasteiger partial charge in [0, 0.05) is 34.4 Å². The molecular weight excluding hydrogens is 430 g/mol. The number of pyridine rings is 1. The van der Waals surface area contributed by atoms with E-state index in [-0.39, 0.29) is 11.7 Å². The lowest BCUT2D eigenvalue weighted by atomic mass is 10.2. The van der Waals surface area contributed by atoms with Gasteiger partial charge in [-0.15, -0.1) is 10.2 Å². The van der Waals surface area contributed by atoms with Crippen LogP contribution in [0, 0.1) is 13.8 Å². The van der Waals surface area contributed by atoms with Gasteiger partial charge in [0.1, 0.15) is 0 Å². The SMILES string of the molecule is Cc1ccc(-n2c(SCC(=O)Nc3ccc(C)c(Cl)c3)nnc2-c2ccncc2)cc1. The van der Waals surface area contributed by atoms with E-state index in [0.29, 0.717) is 21.7 Å². The van der Waals surface area contributed by atoms with Gasteiger partial charge in [0.25, 0.3) is 0 Å². The smallest absolute Gasteiger partial charge is 0.234 e. The second kappa shape index (κ2) is 9.32. The minimum atomic E-state index is -0.145. The van der Waals surface area contributed by atoms with Gasteiger partial charge in [-0.2, -0.15) is 0 Å². The summed E-state index contributed by atoms with van der Waals surface area (Å²) in [5.74, 6) is 0.736. The second-order valence-electron chi connectivity index (χ2n) is 7.01. The van der Waals surface area contributed by atoms with Crippen molar-refractivity contribution in [3.8, 4) is 17.1 Å². The Kier molecular flexibility index (Phi) is 6.34. The predicted molar refractivity (Wildman–Crippen MR) is 125 cm³/mol. The van der Waals surface area contributed by atoms with E-state index in [2.05, 4.69) is 20.5 Å². The Labute approximate surface area is 189 Å². The molecular formula is C23H20ClN5OS. The number of hydrogen-bond donors (Lipinski definition) is 1. The molecule has 2 aromatic carbocycles. The molecule has 1 N–H and O–H groups in total. The molecule has 2 heterocycles. The molecule has 0 unspecified atom stereocenters. The van der Waals surface area contributed by atoms with Gasteiger partial charge >= 0.3 is 0 Å². The van der Waals surface area contributed by atoms with Crippen molar-refractivity contribution in [3.05, 3.63) is 83.1 Å². The molecule has 2 aromatic heterocycles. The van der Waals surface area contributed by atoms with E-state index >= 15 is 0 Å². The lowest BCUT2D eigenvalue weighted by Gasteiger charge is -2.11. The molecule has 6 nitrogen and oxygen atoms in total. The summed E-state index contributed by atoms with van der Waals surface area (Å²) in [6, 6.07) is 17.3. The van der Waals surface area contributed by atoms with Gasteiger partial charge in [0.05, 0.1) is 5.75 Å². The van der Waals surface area contributed by atoms with Crippen molar-refractivity contribution < 1.29 is 4.79 Å². The fraction of sp³-hybridized carbons (Fsp3) is 0.130. The normalized spacial score (nSPS) is 10.8. The highest BCUT2D eigenvalue weighted by Crippen LogP contribution is 2.28. The summed E-state index contributed by atoms with van der Waals surface area (Å²) in [5.41, 5.74) is 4.61. The van der Waals surface area contributed by atoms with Crippen LogP contribution in [0.1, 0.15) is 11.1 Å². The lowest BCUT2D eigenvalue weighted by molar-refractivity contribution is -0.113. The van der Waals surface area contributed by atoms with E-state index < -0.39 is 0 Å². The molecule has 0 aliphatic heterocycles. The van der Waals surface area contributed by atoms with Crippen LogP contribution in [0.5, 0.6) is 0 Å². The number of thioether (sulfide) groups is 1. The average Bonchev–Trinajstić information content (AvgIpc) is 3.20. The van der Waals surface area contributed by atoms with Crippen molar-refractivity contribution in [1.82, 2.24) is 19.7 Å². The van der Waals surface area contributed by atoms with Crippen molar-refractivity contribution in [1.29, 1.82) is 0 Å². The Morgan fingerprint density at radius 1 is 1.03 bits per heavy atom. The number of carbonyl (C=O) groups is 1. The zero-order valence-electron chi connectivity index (χ0n) is 17.0. The van der Waals surface area contributed by atoms with Gasteiger partial charge < -0.3 is 5.32 Å². The van der Waals surface area contributed by atoms with Crippen LogP contribution in [0.25, 0.3) is 17.1 Å². The Hall–Kier alpha value is -3.16. The maximum absolute atomic E-state index is 12.5. The first-order chi connectivity index (χ1) is 15.0. The largest absolute Gasteiger partial charge is 0.325 e. The van der Waals surface area contributed by atoms with E-state index in [9.17, 15) is 4.79 Å². The molecule has 4 aromatic rings. The topological polar surface area (TPSA) is 72.7 Å².